The van der Waals surface area contributed by atoms with E-state index >= 15 is 0 Å². The molecule has 1 aromatic heterocycles. The van der Waals surface area contributed by atoms with Gasteiger partial charge in [-0.2, -0.15) is 0 Å². The summed E-state index contributed by atoms with van der Waals surface area (Å²) in [6.45, 7) is 2.12. The molecule has 0 aliphatic heterocycles. The first-order valence-electron chi connectivity index (χ1n) is 9.00. The molecule has 0 N–H and O–H groups in total. The summed E-state index contributed by atoms with van der Waals surface area (Å²) >= 11 is 1.56. The molecule has 1 heterocycles. The predicted octanol–water partition coefficient (Wildman–Crippen LogP) is 5.94. The van der Waals surface area contributed by atoms with Crippen LogP contribution in [0, 0.1) is 6.92 Å². The summed E-state index contributed by atoms with van der Waals surface area (Å²) in [6, 6.07) is 26.4. The minimum absolute atomic E-state index is 0.0633. The van der Waals surface area contributed by atoms with Crippen LogP contribution in [0.4, 0.5) is 0 Å². The molecule has 1 atom stereocenters. The molecule has 0 aliphatic rings. The van der Waals surface area contributed by atoms with Crippen LogP contribution in [0.5, 0.6) is 5.75 Å². The number of aryl methyl sites for hydroxylation is 1. The summed E-state index contributed by atoms with van der Waals surface area (Å²) in [6.07, 6.45) is 0. The number of methoxy groups -OCH3 is 1. The summed E-state index contributed by atoms with van der Waals surface area (Å²) in [5.41, 5.74) is 4.44. The van der Waals surface area contributed by atoms with E-state index in [9.17, 15) is 0 Å². The summed E-state index contributed by atoms with van der Waals surface area (Å²) in [5, 5.41) is 9.11. The average Bonchev–Trinajstić information content (AvgIpc) is 3.22. The fraction of sp³-hybridized carbons (Fsp3) is 0.130. The topological polar surface area (TPSA) is 48.2 Å². The Hall–Kier alpha value is -3.05. The van der Waals surface area contributed by atoms with E-state index in [0.29, 0.717) is 16.9 Å². The van der Waals surface area contributed by atoms with Crippen molar-refractivity contribution in [1.29, 1.82) is 0 Å². The first kappa shape index (κ1) is 18.3. The van der Waals surface area contributed by atoms with Crippen LogP contribution in [0.2, 0.25) is 0 Å². The van der Waals surface area contributed by atoms with Crippen LogP contribution in [0.25, 0.3) is 11.5 Å². The normalized spacial score (nSPS) is 11.9. The molecule has 0 saturated carbocycles. The van der Waals surface area contributed by atoms with Gasteiger partial charge in [-0.15, -0.1) is 10.2 Å². The average molecular weight is 388 g/mol. The Morgan fingerprint density at radius 1 is 0.857 bits per heavy atom. The Balaban J connectivity index is 1.69. The monoisotopic (exact) mass is 388 g/mol. The van der Waals surface area contributed by atoms with Crippen molar-refractivity contribution in [2.24, 2.45) is 0 Å². The SMILES string of the molecule is COc1ccccc1-c1nnc(SC(c2ccccc2)c2ccccc2C)o1. The minimum atomic E-state index is 0.0633. The number of para-hydroxylation sites is 1. The maximum atomic E-state index is 5.99. The highest BCUT2D eigenvalue weighted by atomic mass is 32.2. The number of ether oxygens (including phenoxy) is 1. The van der Waals surface area contributed by atoms with Gasteiger partial charge >= 0.3 is 0 Å². The van der Waals surface area contributed by atoms with E-state index in [1.165, 1.54) is 16.7 Å². The van der Waals surface area contributed by atoms with Gasteiger partial charge in [0.05, 0.1) is 17.9 Å². The Bertz CT molecular complexity index is 1060. The lowest BCUT2D eigenvalue weighted by atomic mass is 10.0. The molecule has 5 heteroatoms. The third kappa shape index (κ3) is 3.80. The first-order valence-corrected chi connectivity index (χ1v) is 9.88. The summed E-state index contributed by atoms with van der Waals surface area (Å²) in [7, 11) is 1.63. The summed E-state index contributed by atoms with van der Waals surface area (Å²) in [5.74, 6) is 1.16. The van der Waals surface area contributed by atoms with Crippen molar-refractivity contribution >= 4 is 11.8 Å². The van der Waals surface area contributed by atoms with Crippen LogP contribution < -0.4 is 4.74 Å². The second kappa shape index (κ2) is 8.31. The highest BCUT2D eigenvalue weighted by Gasteiger charge is 2.21. The molecular formula is C23H20N2O2S. The molecule has 0 saturated heterocycles. The molecule has 4 nitrogen and oxygen atoms in total. The number of hydrogen-bond acceptors (Lipinski definition) is 5. The smallest absolute Gasteiger partial charge is 0.277 e. The Morgan fingerprint density at radius 3 is 2.36 bits per heavy atom. The zero-order valence-corrected chi connectivity index (χ0v) is 16.5. The first-order chi connectivity index (χ1) is 13.8. The van der Waals surface area contributed by atoms with Crippen molar-refractivity contribution in [2.75, 3.05) is 7.11 Å². The van der Waals surface area contributed by atoms with Gasteiger partial charge in [-0.3, -0.25) is 0 Å². The van der Waals surface area contributed by atoms with E-state index in [-0.39, 0.29) is 5.25 Å². The lowest BCUT2D eigenvalue weighted by molar-refractivity contribution is 0.411. The number of aromatic nitrogens is 2. The van der Waals surface area contributed by atoms with Crippen LogP contribution in [-0.4, -0.2) is 17.3 Å². The van der Waals surface area contributed by atoms with Crippen LogP contribution in [0.15, 0.2) is 88.5 Å². The quantitative estimate of drug-likeness (QED) is 0.383. The fourth-order valence-electron chi connectivity index (χ4n) is 3.11. The minimum Gasteiger partial charge on any atom is -0.496 e. The standard InChI is InChI=1S/C23H20N2O2S/c1-16-10-6-7-13-18(16)21(17-11-4-3-5-12-17)28-23-25-24-22(27-23)19-14-8-9-15-20(19)26-2/h3-15,21H,1-2H3. The number of benzene rings is 3. The summed E-state index contributed by atoms with van der Waals surface area (Å²) in [4.78, 5) is 0. The van der Waals surface area contributed by atoms with Crippen LogP contribution in [0.3, 0.4) is 0 Å². The molecule has 0 fully saturated rings. The van der Waals surface area contributed by atoms with Gasteiger partial charge in [0.15, 0.2) is 0 Å². The Morgan fingerprint density at radius 2 is 1.57 bits per heavy atom. The lowest BCUT2D eigenvalue weighted by Crippen LogP contribution is -1.99. The van der Waals surface area contributed by atoms with Crippen LogP contribution in [-0.2, 0) is 0 Å². The molecule has 4 rings (SSSR count). The highest BCUT2D eigenvalue weighted by Crippen LogP contribution is 2.42. The zero-order valence-electron chi connectivity index (χ0n) is 15.7. The van der Waals surface area contributed by atoms with Gasteiger partial charge in [-0.1, -0.05) is 78.5 Å². The van der Waals surface area contributed by atoms with Crippen molar-refractivity contribution in [3.8, 4) is 17.2 Å². The van der Waals surface area contributed by atoms with E-state index < -0.39 is 0 Å². The number of nitrogens with zero attached hydrogens (tertiary/aromatic N) is 2. The van der Waals surface area contributed by atoms with Crippen molar-refractivity contribution in [2.45, 2.75) is 17.4 Å². The second-order valence-corrected chi connectivity index (χ2v) is 7.39. The predicted molar refractivity (Wildman–Crippen MR) is 112 cm³/mol. The largest absolute Gasteiger partial charge is 0.496 e. The van der Waals surface area contributed by atoms with Gasteiger partial charge in [0, 0.05) is 0 Å². The maximum absolute atomic E-state index is 5.99. The van der Waals surface area contributed by atoms with Gasteiger partial charge < -0.3 is 9.15 Å². The van der Waals surface area contributed by atoms with E-state index in [0.717, 1.165) is 5.56 Å². The molecule has 0 aliphatic carbocycles. The van der Waals surface area contributed by atoms with Crippen LogP contribution >= 0.6 is 11.8 Å². The fourth-order valence-corrected chi connectivity index (χ4v) is 4.21. The van der Waals surface area contributed by atoms with Gasteiger partial charge in [0.2, 0.25) is 0 Å². The Labute approximate surface area is 168 Å². The van der Waals surface area contributed by atoms with E-state index in [4.69, 9.17) is 9.15 Å². The van der Waals surface area contributed by atoms with Gasteiger partial charge in [-0.05, 0) is 35.7 Å². The molecule has 140 valence electrons. The lowest BCUT2D eigenvalue weighted by Gasteiger charge is -2.17. The molecule has 0 radical (unpaired) electrons. The number of thioether (sulfide) groups is 1. The molecular weight excluding hydrogens is 368 g/mol. The van der Waals surface area contributed by atoms with Crippen LogP contribution in [0.1, 0.15) is 21.9 Å². The van der Waals surface area contributed by atoms with Crippen molar-refractivity contribution in [3.63, 3.8) is 0 Å². The zero-order chi connectivity index (χ0) is 19.3. The van der Waals surface area contributed by atoms with Gasteiger partial charge in [0.1, 0.15) is 5.75 Å². The maximum Gasteiger partial charge on any atom is 0.277 e. The molecule has 0 spiro atoms. The van der Waals surface area contributed by atoms with Crippen molar-refractivity contribution < 1.29 is 9.15 Å². The summed E-state index contributed by atoms with van der Waals surface area (Å²) < 4.78 is 11.4. The molecule has 0 amide bonds. The number of hydrogen-bond donors (Lipinski definition) is 0. The van der Waals surface area contributed by atoms with Crippen molar-refractivity contribution in [3.05, 3.63) is 95.6 Å². The number of rotatable bonds is 6. The van der Waals surface area contributed by atoms with Crippen molar-refractivity contribution in [1.82, 2.24) is 10.2 Å². The third-order valence-electron chi connectivity index (χ3n) is 4.54. The van der Waals surface area contributed by atoms with E-state index in [2.05, 4.69) is 65.7 Å². The molecule has 3 aromatic carbocycles. The van der Waals surface area contributed by atoms with Gasteiger partial charge in [-0.25, -0.2) is 0 Å². The third-order valence-corrected chi connectivity index (χ3v) is 5.66. The second-order valence-electron chi connectivity index (χ2n) is 6.34. The highest BCUT2D eigenvalue weighted by molar-refractivity contribution is 7.99. The van der Waals surface area contributed by atoms with E-state index in [1.54, 1.807) is 18.9 Å². The molecule has 0 bridgehead atoms. The molecule has 4 aromatic rings. The van der Waals surface area contributed by atoms with Gasteiger partial charge in [0.25, 0.3) is 11.1 Å². The van der Waals surface area contributed by atoms with E-state index in [1.807, 2.05) is 30.3 Å². The Kier molecular flexibility index (Phi) is 5.44. The molecule has 1 unspecified atom stereocenters. The molecule has 28 heavy (non-hydrogen) atoms.